The van der Waals surface area contributed by atoms with Crippen LogP contribution in [0.15, 0.2) is 12.1 Å². The van der Waals surface area contributed by atoms with E-state index < -0.39 is 0 Å². The fourth-order valence-electron chi connectivity index (χ4n) is 1.00. The molecule has 3 heteroatoms. The van der Waals surface area contributed by atoms with Crippen LogP contribution in [0.3, 0.4) is 0 Å². The predicted molar refractivity (Wildman–Crippen MR) is 57.0 cm³/mol. The van der Waals surface area contributed by atoms with Crippen LogP contribution in [-0.4, -0.2) is 17.1 Å². The van der Waals surface area contributed by atoms with Crippen LogP contribution in [0.25, 0.3) is 0 Å². The minimum absolute atomic E-state index is 0.254. The topological polar surface area (TPSA) is 20.2 Å². The smallest absolute Gasteiger partial charge is 0.0889 e. The Hall–Kier alpha value is 0.01000. The summed E-state index contributed by atoms with van der Waals surface area (Å²) in [7, 11) is 0. The van der Waals surface area contributed by atoms with Gasteiger partial charge < -0.3 is 5.11 Å². The van der Waals surface area contributed by atoms with Gasteiger partial charge in [0.15, 0.2) is 0 Å². The SMILES string of the molecule is CSCCC(O)c1ccc(C)s1. The molecule has 0 bridgehead atoms. The molecule has 0 amide bonds. The molecule has 0 fully saturated rings. The Labute approximate surface area is 81.8 Å². The van der Waals surface area contributed by atoms with Gasteiger partial charge >= 0.3 is 0 Å². The minimum atomic E-state index is -0.254. The van der Waals surface area contributed by atoms with E-state index in [1.54, 1.807) is 23.1 Å². The Kier molecular flexibility index (Phi) is 4.12. The molecule has 0 spiro atoms. The lowest BCUT2D eigenvalue weighted by atomic mass is 10.2. The molecule has 68 valence electrons. The van der Waals surface area contributed by atoms with Gasteiger partial charge in [-0.15, -0.1) is 11.3 Å². The summed E-state index contributed by atoms with van der Waals surface area (Å²) in [5.74, 6) is 1.03. The van der Waals surface area contributed by atoms with Crippen molar-refractivity contribution < 1.29 is 5.11 Å². The Morgan fingerprint density at radius 2 is 2.33 bits per heavy atom. The van der Waals surface area contributed by atoms with Gasteiger partial charge in [-0.25, -0.2) is 0 Å². The van der Waals surface area contributed by atoms with Crippen molar-refractivity contribution in [3.63, 3.8) is 0 Å². The number of aryl methyl sites for hydroxylation is 1. The molecular weight excluding hydrogens is 188 g/mol. The highest BCUT2D eigenvalue weighted by atomic mass is 32.2. The lowest BCUT2D eigenvalue weighted by Gasteiger charge is -2.05. The highest BCUT2D eigenvalue weighted by Gasteiger charge is 2.08. The van der Waals surface area contributed by atoms with E-state index in [-0.39, 0.29) is 6.10 Å². The molecule has 1 unspecified atom stereocenters. The van der Waals surface area contributed by atoms with Gasteiger partial charge in [0, 0.05) is 9.75 Å². The van der Waals surface area contributed by atoms with Crippen LogP contribution in [0.5, 0.6) is 0 Å². The number of aliphatic hydroxyl groups is 1. The van der Waals surface area contributed by atoms with Crippen LogP contribution >= 0.6 is 23.1 Å². The zero-order valence-electron chi connectivity index (χ0n) is 7.41. The van der Waals surface area contributed by atoms with Gasteiger partial charge in [-0.3, -0.25) is 0 Å². The van der Waals surface area contributed by atoms with Crippen LogP contribution in [0.2, 0.25) is 0 Å². The lowest BCUT2D eigenvalue weighted by Crippen LogP contribution is -1.95. The van der Waals surface area contributed by atoms with E-state index in [0.717, 1.165) is 17.1 Å². The molecule has 1 aromatic heterocycles. The maximum Gasteiger partial charge on any atom is 0.0889 e. The summed E-state index contributed by atoms with van der Waals surface area (Å²) in [5.41, 5.74) is 0. The Morgan fingerprint density at radius 3 is 2.83 bits per heavy atom. The highest BCUT2D eigenvalue weighted by molar-refractivity contribution is 7.98. The molecule has 0 saturated heterocycles. The van der Waals surface area contributed by atoms with Gasteiger partial charge in [0.2, 0.25) is 0 Å². The zero-order chi connectivity index (χ0) is 8.97. The molecule has 0 aliphatic rings. The summed E-state index contributed by atoms with van der Waals surface area (Å²) >= 11 is 3.46. The monoisotopic (exact) mass is 202 g/mol. The van der Waals surface area contributed by atoms with Gasteiger partial charge in [0.05, 0.1) is 6.10 Å². The molecule has 1 heterocycles. The number of hydrogen-bond acceptors (Lipinski definition) is 3. The van der Waals surface area contributed by atoms with E-state index in [0.29, 0.717) is 0 Å². The number of thiophene rings is 1. The quantitative estimate of drug-likeness (QED) is 0.810. The molecule has 12 heavy (non-hydrogen) atoms. The average molecular weight is 202 g/mol. The van der Waals surface area contributed by atoms with Gasteiger partial charge in [0.1, 0.15) is 0 Å². The number of thioether (sulfide) groups is 1. The van der Waals surface area contributed by atoms with Crippen molar-refractivity contribution in [1.29, 1.82) is 0 Å². The van der Waals surface area contributed by atoms with Crippen LogP contribution in [0.1, 0.15) is 22.3 Å². The zero-order valence-corrected chi connectivity index (χ0v) is 9.04. The summed E-state index contributed by atoms with van der Waals surface area (Å²) in [6.45, 7) is 2.06. The summed E-state index contributed by atoms with van der Waals surface area (Å²) in [6.07, 6.45) is 2.67. The van der Waals surface area contributed by atoms with Crippen LogP contribution < -0.4 is 0 Å². The van der Waals surface area contributed by atoms with Gasteiger partial charge in [-0.2, -0.15) is 11.8 Å². The van der Waals surface area contributed by atoms with Gasteiger partial charge in [-0.1, -0.05) is 0 Å². The van der Waals surface area contributed by atoms with Crippen LogP contribution in [0, 0.1) is 6.92 Å². The van der Waals surface area contributed by atoms with Crippen molar-refractivity contribution in [2.45, 2.75) is 19.4 Å². The van der Waals surface area contributed by atoms with Crippen LogP contribution in [-0.2, 0) is 0 Å². The van der Waals surface area contributed by atoms with Crippen molar-refractivity contribution in [2.24, 2.45) is 0 Å². The first-order valence-electron chi connectivity index (χ1n) is 3.97. The fraction of sp³-hybridized carbons (Fsp3) is 0.556. The van der Waals surface area contributed by atoms with E-state index in [9.17, 15) is 5.11 Å². The number of rotatable bonds is 4. The largest absolute Gasteiger partial charge is 0.388 e. The van der Waals surface area contributed by atoms with E-state index in [1.807, 2.05) is 6.07 Å². The third-order valence-electron chi connectivity index (χ3n) is 1.68. The third-order valence-corrected chi connectivity index (χ3v) is 3.43. The highest BCUT2D eigenvalue weighted by Crippen LogP contribution is 2.25. The second-order valence-corrected chi connectivity index (χ2v) is 5.05. The van der Waals surface area contributed by atoms with E-state index in [4.69, 9.17) is 0 Å². The molecule has 0 aromatic carbocycles. The molecule has 0 aliphatic heterocycles. The summed E-state index contributed by atoms with van der Waals surface area (Å²) in [4.78, 5) is 2.37. The van der Waals surface area contributed by atoms with Crippen molar-refractivity contribution in [3.05, 3.63) is 21.9 Å². The molecular formula is C9H14OS2. The van der Waals surface area contributed by atoms with E-state index >= 15 is 0 Å². The first-order chi connectivity index (χ1) is 5.74. The van der Waals surface area contributed by atoms with Crippen molar-refractivity contribution in [1.82, 2.24) is 0 Å². The molecule has 1 N–H and O–H groups in total. The predicted octanol–water partition coefficient (Wildman–Crippen LogP) is 2.84. The summed E-state index contributed by atoms with van der Waals surface area (Å²) < 4.78 is 0. The average Bonchev–Trinajstić information content (AvgIpc) is 2.47. The third kappa shape index (κ3) is 2.81. The first kappa shape index (κ1) is 10.1. The van der Waals surface area contributed by atoms with E-state index in [1.165, 1.54) is 4.88 Å². The Morgan fingerprint density at radius 1 is 1.58 bits per heavy atom. The van der Waals surface area contributed by atoms with Gasteiger partial charge in [-0.05, 0) is 37.5 Å². The minimum Gasteiger partial charge on any atom is -0.388 e. The fourth-order valence-corrected chi connectivity index (χ4v) is 2.36. The summed E-state index contributed by atoms with van der Waals surface area (Å²) in [5, 5.41) is 9.66. The normalized spacial score (nSPS) is 13.2. The maximum atomic E-state index is 9.66. The number of aliphatic hydroxyl groups excluding tert-OH is 1. The standard InChI is InChI=1S/C9H14OS2/c1-7-3-4-9(12-7)8(10)5-6-11-2/h3-4,8,10H,5-6H2,1-2H3. The molecule has 1 nitrogen and oxygen atoms in total. The molecule has 0 saturated carbocycles. The number of hydrogen-bond donors (Lipinski definition) is 1. The Bertz CT molecular complexity index is 232. The van der Waals surface area contributed by atoms with Gasteiger partial charge in [0.25, 0.3) is 0 Å². The van der Waals surface area contributed by atoms with Crippen molar-refractivity contribution in [2.75, 3.05) is 12.0 Å². The first-order valence-corrected chi connectivity index (χ1v) is 6.18. The Balaban J connectivity index is 2.47. The maximum absolute atomic E-state index is 9.66. The molecule has 0 radical (unpaired) electrons. The van der Waals surface area contributed by atoms with Crippen LogP contribution in [0.4, 0.5) is 0 Å². The second-order valence-electron chi connectivity index (χ2n) is 2.75. The molecule has 1 rings (SSSR count). The molecule has 1 atom stereocenters. The molecule has 1 aromatic rings. The molecule has 0 aliphatic carbocycles. The van der Waals surface area contributed by atoms with E-state index in [2.05, 4.69) is 19.2 Å². The summed E-state index contributed by atoms with van der Waals surface area (Å²) in [6, 6.07) is 4.08. The lowest BCUT2D eigenvalue weighted by molar-refractivity contribution is 0.179. The van der Waals surface area contributed by atoms with Crippen molar-refractivity contribution in [3.8, 4) is 0 Å². The van der Waals surface area contributed by atoms with Crippen molar-refractivity contribution >= 4 is 23.1 Å². The second kappa shape index (κ2) is 4.90.